The van der Waals surface area contributed by atoms with Crippen LogP contribution in [0.3, 0.4) is 0 Å². The molecule has 3 rings (SSSR count). The number of amides is 1. The molecule has 1 aromatic rings. The van der Waals surface area contributed by atoms with Gasteiger partial charge in [0, 0.05) is 12.1 Å². The van der Waals surface area contributed by atoms with Crippen molar-refractivity contribution in [1.29, 1.82) is 0 Å². The standard InChI is InChI=1S/C13H15N3O4/c14-12(11(18)19)6-20-10(12)8-5-13(8,16-7-17)9-3-1-2-4-15-9/h1-4,7-8,10H,5-6,14H2,(H,16,17)(H,18,19). The first kappa shape index (κ1) is 13.0. The number of nitrogens with two attached hydrogens (primary N) is 1. The van der Waals surface area contributed by atoms with Gasteiger partial charge in [0.15, 0.2) is 5.54 Å². The molecule has 0 spiro atoms. The van der Waals surface area contributed by atoms with Crippen molar-refractivity contribution in [3.63, 3.8) is 0 Å². The molecule has 2 aliphatic rings. The summed E-state index contributed by atoms with van der Waals surface area (Å²) in [6.45, 7) is -0.0110. The zero-order valence-electron chi connectivity index (χ0n) is 10.7. The molecule has 2 heterocycles. The zero-order chi connectivity index (χ0) is 14.4. The number of nitrogens with one attached hydrogen (secondary N) is 1. The maximum Gasteiger partial charge on any atom is 0.328 e. The quantitative estimate of drug-likeness (QED) is 0.608. The van der Waals surface area contributed by atoms with Crippen LogP contribution in [0.25, 0.3) is 0 Å². The summed E-state index contributed by atoms with van der Waals surface area (Å²) >= 11 is 0. The maximum absolute atomic E-state index is 11.2. The molecule has 20 heavy (non-hydrogen) atoms. The van der Waals surface area contributed by atoms with Gasteiger partial charge in [0.25, 0.3) is 0 Å². The van der Waals surface area contributed by atoms with Crippen LogP contribution < -0.4 is 11.1 Å². The molecule has 7 nitrogen and oxygen atoms in total. The molecule has 1 amide bonds. The Balaban J connectivity index is 1.87. The van der Waals surface area contributed by atoms with Crippen molar-refractivity contribution in [1.82, 2.24) is 10.3 Å². The van der Waals surface area contributed by atoms with Crippen LogP contribution in [0.1, 0.15) is 12.1 Å². The fraction of sp³-hybridized carbons (Fsp3) is 0.462. The molecule has 7 heteroatoms. The predicted octanol–water partition coefficient (Wildman–Crippen LogP) is -0.776. The zero-order valence-corrected chi connectivity index (χ0v) is 10.7. The summed E-state index contributed by atoms with van der Waals surface area (Å²) in [6.07, 6.45) is 2.19. The van der Waals surface area contributed by atoms with E-state index in [9.17, 15) is 14.7 Å². The average Bonchev–Trinajstić information content (AvgIpc) is 3.12. The lowest BCUT2D eigenvalue weighted by Crippen LogP contribution is -2.71. The highest BCUT2D eigenvalue weighted by Gasteiger charge is 2.69. The third-order valence-electron chi connectivity index (χ3n) is 4.23. The minimum atomic E-state index is -1.38. The second kappa shape index (κ2) is 4.26. The molecule has 4 N–H and O–H groups in total. The van der Waals surface area contributed by atoms with Crippen LogP contribution in [0, 0.1) is 5.92 Å². The lowest BCUT2D eigenvalue weighted by atomic mass is 9.84. The Hall–Kier alpha value is -1.99. The highest BCUT2D eigenvalue weighted by molar-refractivity contribution is 5.81. The van der Waals surface area contributed by atoms with Crippen molar-refractivity contribution in [2.24, 2.45) is 11.7 Å². The molecule has 0 radical (unpaired) electrons. The smallest absolute Gasteiger partial charge is 0.328 e. The average molecular weight is 277 g/mol. The van der Waals surface area contributed by atoms with Gasteiger partial charge in [-0.15, -0.1) is 0 Å². The molecule has 0 aromatic carbocycles. The number of ether oxygens (including phenoxy) is 1. The molecule has 2 fully saturated rings. The van der Waals surface area contributed by atoms with Gasteiger partial charge in [0.1, 0.15) is 0 Å². The van der Waals surface area contributed by atoms with Crippen LogP contribution in [-0.4, -0.2) is 40.7 Å². The largest absolute Gasteiger partial charge is 0.480 e. The lowest BCUT2D eigenvalue weighted by Gasteiger charge is -2.44. The number of carbonyl (C=O) groups excluding carboxylic acids is 1. The summed E-state index contributed by atoms with van der Waals surface area (Å²) in [6, 6.07) is 5.40. The second-order valence-electron chi connectivity index (χ2n) is 5.34. The van der Waals surface area contributed by atoms with Gasteiger partial charge in [-0.3, -0.25) is 14.6 Å². The number of carboxylic acids is 1. The van der Waals surface area contributed by atoms with Crippen LogP contribution in [0.2, 0.25) is 0 Å². The Morgan fingerprint density at radius 3 is 2.90 bits per heavy atom. The van der Waals surface area contributed by atoms with Gasteiger partial charge in [-0.2, -0.15) is 0 Å². The van der Waals surface area contributed by atoms with Gasteiger partial charge in [-0.25, -0.2) is 0 Å². The number of nitrogens with zero attached hydrogens (tertiary/aromatic N) is 1. The maximum atomic E-state index is 11.2. The van der Waals surface area contributed by atoms with Crippen molar-refractivity contribution >= 4 is 12.4 Å². The first-order valence-corrected chi connectivity index (χ1v) is 6.31. The van der Waals surface area contributed by atoms with Crippen LogP contribution in [0.4, 0.5) is 0 Å². The summed E-state index contributed by atoms with van der Waals surface area (Å²) in [5.41, 5.74) is 4.50. The Morgan fingerprint density at radius 2 is 2.40 bits per heavy atom. The summed E-state index contributed by atoms with van der Waals surface area (Å²) in [7, 11) is 0. The number of rotatable bonds is 5. The van der Waals surface area contributed by atoms with E-state index in [-0.39, 0.29) is 12.5 Å². The minimum Gasteiger partial charge on any atom is -0.480 e. The number of pyridine rings is 1. The van der Waals surface area contributed by atoms with Crippen LogP contribution >= 0.6 is 0 Å². The minimum absolute atomic E-state index is 0.0110. The molecular weight excluding hydrogens is 262 g/mol. The van der Waals surface area contributed by atoms with Crippen molar-refractivity contribution < 1.29 is 19.4 Å². The first-order valence-electron chi connectivity index (χ1n) is 6.31. The number of carbonyl (C=O) groups is 2. The SMILES string of the molecule is NC1(C(=O)O)COC1C1CC1(NC=O)c1ccccn1. The van der Waals surface area contributed by atoms with Gasteiger partial charge in [-0.1, -0.05) is 6.07 Å². The monoisotopic (exact) mass is 277 g/mol. The van der Waals surface area contributed by atoms with Gasteiger partial charge in [0.2, 0.25) is 6.41 Å². The van der Waals surface area contributed by atoms with E-state index in [0.717, 1.165) is 0 Å². The van der Waals surface area contributed by atoms with Gasteiger partial charge in [-0.05, 0) is 18.6 Å². The van der Waals surface area contributed by atoms with E-state index < -0.39 is 23.2 Å². The Bertz CT molecular complexity index is 552. The normalized spacial score (nSPS) is 38.6. The van der Waals surface area contributed by atoms with Crippen molar-refractivity contribution in [2.45, 2.75) is 23.6 Å². The molecule has 1 saturated carbocycles. The number of aliphatic carboxylic acids is 1. The highest BCUT2D eigenvalue weighted by Crippen LogP contribution is 2.57. The van der Waals surface area contributed by atoms with E-state index in [1.807, 2.05) is 6.07 Å². The molecule has 1 aliphatic carbocycles. The summed E-state index contributed by atoms with van der Waals surface area (Å²) in [5, 5.41) is 12.0. The fourth-order valence-corrected chi connectivity index (χ4v) is 2.94. The molecule has 4 atom stereocenters. The topological polar surface area (TPSA) is 115 Å². The molecule has 4 unspecified atom stereocenters. The number of carboxylic acid groups (broad SMARTS) is 1. The summed E-state index contributed by atoms with van der Waals surface area (Å²) in [5.74, 6) is -1.26. The summed E-state index contributed by atoms with van der Waals surface area (Å²) in [4.78, 5) is 26.4. The van der Waals surface area contributed by atoms with Crippen LogP contribution in [0.5, 0.6) is 0 Å². The van der Waals surface area contributed by atoms with Crippen molar-refractivity contribution in [2.75, 3.05) is 6.61 Å². The van der Waals surface area contributed by atoms with Gasteiger partial charge < -0.3 is 20.9 Å². The predicted molar refractivity (Wildman–Crippen MR) is 67.5 cm³/mol. The molecule has 106 valence electrons. The third-order valence-corrected chi connectivity index (χ3v) is 4.23. The molecule has 1 saturated heterocycles. The Labute approximate surface area is 115 Å². The summed E-state index contributed by atoms with van der Waals surface area (Å²) < 4.78 is 5.37. The van der Waals surface area contributed by atoms with E-state index in [4.69, 9.17) is 10.5 Å². The van der Waals surface area contributed by atoms with Crippen molar-refractivity contribution in [3.05, 3.63) is 30.1 Å². The third kappa shape index (κ3) is 1.63. The Morgan fingerprint density at radius 1 is 1.60 bits per heavy atom. The Kier molecular flexibility index (Phi) is 2.77. The molecule has 1 aromatic heterocycles. The molecular formula is C13H15N3O4. The van der Waals surface area contributed by atoms with E-state index in [1.54, 1.807) is 18.3 Å². The van der Waals surface area contributed by atoms with Gasteiger partial charge in [0.05, 0.1) is 23.9 Å². The molecule has 1 aliphatic heterocycles. The highest BCUT2D eigenvalue weighted by atomic mass is 16.5. The van der Waals surface area contributed by atoms with E-state index in [0.29, 0.717) is 18.5 Å². The van der Waals surface area contributed by atoms with Gasteiger partial charge >= 0.3 is 5.97 Å². The molecule has 0 bridgehead atoms. The van der Waals surface area contributed by atoms with E-state index in [2.05, 4.69) is 10.3 Å². The van der Waals surface area contributed by atoms with E-state index >= 15 is 0 Å². The lowest BCUT2D eigenvalue weighted by molar-refractivity contribution is -0.185. The van der Waals surface area contributed by atoms with Crippen LogP contribution in [0.15, 0.2) is 24.4 Å². The number of hydrogen-bond acceptors (Lipinski definition) is 5. The second-order valence-corrected chi connectivity index (χ2v) is 5.34. The fourth-order valence-electron chi connectivity index (χ4n) is 2.94. The number of hydrogen-bond donors (Lipinski definition) is 3. The number of aromatic nitrogens is 1. The van der Waals surface area contributed by atoms with Crippen LogP contribution in [-0.2, 0) is 19.9 Å². The van der Waals surface area contributed by atoms with Crippen molar-refractivity contribution in [3.8, 4) is 0 Å². The first-order chi connectivity index (χ1) is 9.54. The van der Waals surface area contributed by atoms with E-state index in [1.165, 1.54) is 0 Å².